The van der Waals surface area contributed by atoms with Gasteiger partial charge in [-0.15, -0.1) is 0 Å². The molecule has 176 valence electrons. The minimum atomic E-state index is 0.261. The van der Waals surface area contributed by atoms with E-state index in [1.54, 1.807) is 7.11 Å². The van der Waals surface area contributed by atoms with Gasteiger partial charge >= 0.3 is 0 Å². The number of nitrogens with one attached hydrogen (secondary N) is 2. The quantitative estimate of drug-likeness (QED) is 0.623. The molecule has 0 bridgehead atoms. The Bertz CT molecular complexity index is 850. The highest BCUT2D eigenvalue weighted by molar-refractivity contribution is 6.31. The van der Waals surface area contributed by atoms with Crippen molar-refractivity contribution in [3.8, 4) is 5.75 Å². The molecule has 2 aromatic rings. The molecule has 7 nitrogen and oxygen atoms in total. The Labute approximate surface area is 196 Å². The average Bonchev–Trinajstić information content (AvgIpc) is 2.82. The van der Waals surface area contributed by atoms with Crippen molar-refractivity contribution in [2.45, 2.75) is 26.8 Å². The molecule has 1 saturated heterocycles. The van der Waals surface area contributed by atoms with Crippen molar-refractivity contribution in [1.29, 1.82) is 0 Å². The number of hydrogen-bond acceptors (Lipinski definition) is 6. The van der Waals surface area contributed by atoms with Crippen LogP contribution in [0.2, 0.25) is 5.02 Å². The van der Waals surface area contributed by atoms with Crippen LogP contribution in [-0.2, 0) is 9.59 Å². The maximum absolute atomic E-state index is 10.8. The number of amides is 1. The summed E-state index contributed by atoms with van der Waals surface area (Å²) in [6, 6.07) is 12.3. The molecule has 2 N–H and O–H groups in total. The molecule has 0 saturated carbocycles. The van der Waals surface area contributed by atoms with Gasteiger partial charge in [-0.05, 0) is 56.7 Å². The van der Waals surface area contributed by atoms with Crippen molar-refractivity contribution in [3.05, 3.63) is 47.0 Å². The van der Waals surface area contributed by atoms with Gasteiger partial charge in [-0.3, -0.25) is 4.79 Å². The predicted molar refractivity (Wildman–Crippen MR) is 134 cm³/mol. The standard InChI is InChI=1S/C13H17ClN2O.C10H16N2O.CH2O/c1-10-7-12(3-4-13(10)14)15-5-6-16(9-17)11(2)8-15;1-4-12-8-5-6-9(11-2)10(7-8)13-3;1-2/h3-4,7,9,11H,5-6,8H2,1-2H3;5-7,11-12H,4H2,1-3H3;1H2. The van der Waals surface area contributed by atoms with E-state index in [2.05, 4.69) is 35.4 Å². The highest BCUT2D eigenvalue weighted by Gasteiger charge is 2.22. The van der Waals surface area contributed by atoms with Crippen LogP contribution in [0.5, 0.6) is 5.75 Å². The molecule has 0 radical (unpaired) electrons. The molecule has 3 rings (SSSR count). The predicted octanol–water partition coefficient (Wildman–Crippen LogP) is 4.30. The molecule has 1 unspecified atom stereocenters. The maximum Gasteiger partial charge on any atom is 0.210 e. The monoisotopic (exact) mass is 462 g/mol. The average molecular weight is 463 g/mol. The van der Waals surface area contributed by atoms with Crippen molar-refractivity contribution in [2.24, 2.45) is 0 Å². The summed E-state index contributed by atoms with van der Waals surface area (Å²) in [4.78, 5) is 22.9. The molecule has 1 aliphatic rings. The highest BCUT2D eigenvalue weighted by Crippen LogP contribution is 2.27. The van der Waals surface area contributed by atoms with Gasteiger partial charge in [0.2, 0.25) is 6.41 Å². The van der Waals surface area contributed by atoms with Gasteiger partial charge in [0.05, 0.1) is 12.8 Å². The van der Waals surface area contributed by atoms with E-state index in [1.807, 2.05) is 56.0 Å². The summed E-state index contributed by atoms with van der Waals surface area (Å²) in [6.45, 7) is 11.6. The third-order valence-electron chi connectivity index (χ3n) is 5.17. The first-order valence-corrected chi connectivity index (χ1v) is 10.9. The van der Waals surface area contributed by atoms with Gasteiger partial charge in [0.25, 0.3) is 0 Å². The van der Waals surface area contributed by atoms with E-state index in [-0.39, 0.29) is 6.04 Å². The van der Waals surface area contributed by atoms with Gasteiger partial charge in [-0.1, -0.05) is 11.6 Å². The summed E-state index contributed by atoms with van der Waals surface area (Å²) in [6.07, 6.45) is 0.940. The van der Waals surface area contributed by atoms with E-state index in [9.17, 15) is 4.79 Å². The summed E-state index contributed by atoms with van der Waals surface area (Å²) in [7, 11) is 3.55. The Morgan fingerprint density at radius 1 is 1.22 bits per heavy atom. The lowest BCUT2D eigenvalue weighted by Gasteiger charge is -2.39. The smallest absolute Gasteiger partial charge is 0.210 e. The van der Waals surface area contributed by atoms with E-state index >= 15 is 0 Å². The summed E-state index contributed by atoms with van der Waals surface area (Å²) < 4.78 is 5.22. The number of nitrogens with zero attached hydrogens (tertiary/aromatic N) is 2. The minimum absolute atomic E-state index is 0.261. The van der Waals surface area contributed by atoms with E-state index in [0.717, 1.165) is 60.3 Å². The number of halogens is 1. The summed E-state index contributed by atoms with van der Waals surface area (Å²) >= 11 is 6.02. The molecule has 2 aromatic carbocycles. The van der Waals surface area contributed by atoms with Gasteiger partial charge in [-0.2, -0.15) is 0 Å². The van der Waals surface area contributed by atoms with Gasteiger partial charge in [0.1, 0.15) is 12.5 Å². The second kappa shape index (κ2) is 14.2. The number of piperazine rings is 1. The summed E-state index contributed by atoms with van der Waals surface area (Å²) in [5, 5.41) is 7.09. The molecule has 1 heterocycles. The first-order valence-electron chi connectivity index (χ1n) is 10.5. The second-order valence-electron chi connectivity index (χ2n) is 7.27. The number of rotatable bonds is 6. The van der Waals surface area contributed by atoms with Crippen molar-refractivity contribution in [2.75, 3.05) is 55.9 Å². The first kappa shape index (κ1) is 27.1. The van der Waals surface area contributed by atoms with E-state index < -0.39 is 0 Å². The van der Waals surface area contributed by atoms with Crippen LogP contribution >= 0.6 is 11.6 Å². The van der Waals surface area contributed by atoms with Crippen LogP contribution < -0.4 is 20.3 Å². The second-order valence-corrected chi connectivity index (χ2v) is 7.67. The lowest BCUT2D eigenvalue weighted by Crippen LogP contribution is -2.51. The van der Waals surface area contributed by atoms with Gasteiger partial charge < -0.3 is 30.0 Å². The number of benzene rings is 2. The first-order chi connectivity index (χ1) is 15.4. The largest absolute Gasteiger partial charge is 0.495 e. The molecule has 1 aliphatic heterocycles. The lowest BCUT2D eigenvalue weighted by atomic mass is 10.1. The van der Waals surface area contributed by atoms with Crippen LogP contribution in [0, 0.1) is 6.92 Å². The molecular formula is C24H35ClN4O3. The van der Waals surface area contributed by atoms with Crippen molar-refractivity contribution >= 4 is 41.9 Å². The van der Waals surface area contributed by atoms with Crippen LogP contribution in [0.15, 0.2) is 36.4 Å². The highest BCUT2D eigenvalue weighted by atomic mass is 35.5. The fourth-order valence-corrected chi connectivity index (χ4v) is 3.52. The van der Waals surface area contributed by atoms with E-state index in [1.165, 1.54) is 5.69 Å². The summed E-state index contributed by atoms with van der Waals surface area (Å²) in [5.74, 6) is 0.862. The third kappa shape index (κ3) is 7.64. The zero-order valence-corrected chi connectivity index (χ0v) is 20.4. The zero-order valence-electron chi connectivity index (χ0n) is 19.7. The topological polar surface area (TPSA) is 73.9 Å². The van der Waals surface area contributed by atoms with Gasteiger partial charge in [0.15, 0.2) is 0 Å². The van der Waals surface area contributed by atoms with Gasteiger partial charge in [-0.25, -0.2) is 0 Å². The molecule has 1 atom stereocenters. The van der Waals surface area contributed by atoms with Crippen molar-refractivity contribution in [3.63, 3.8) is 0 Å². The Balaban J connectivity index is 0.000000307. The normalized spacial score (nSPS) is 14.9. The molecule has 0 aliphatic carbocycles. The molecule has 0 aromatic heterocycles. The minimum Gasteiger partial charge on any atom is -0.495 e. The molecule has 32 heavy (non-hydrogen) atoms. The number of carbonyl (C=O) groups excluding carboxylic acids is 2. The Morgan fingerprint density at radius 2 is 1.94 bits per heavy atom. The number of methoxy groups -OCH3 is 1. The Kier molecular flexibility index (Phi) is 12.0. The molecule has 8 heteroatoms. The fraction of sp³-hybridized carbons (Fsp3) is 0.417. The van der Waals surface area contributed by atoms with Crippen molar-refractivity contribution in [1.82, 2.24) is 4.90 Å². The third-order valence-corrected chi connectivity index (χ3v) is 5.60. The summed E-state index contributed by atoms with van der Waals surface area (Å²) in [5.41, 5.74) is 4.36. The molecule has 1 amide bonds. The van der Waals surface area contributed by atoms with E-state index in [0.29, 0.717) is 0 Å². The Hall–Kier alpha value is -2.93. The molecule has 0 spiro atoms. The van der Waals surface area contributed by atoms with Crippen LogP contribution in [0.4, 0.5) is 17.1 Å². The molecular weight excluding hydrogens is 428 g/mol. The number of ether oxygens (including phenoxy) is 1. The van der Waals surface area contributed by atoms with Crippen LogP contribution in [0.3, 0.4) is 0 Å². The van der Waals surface area contributed by atoms with Crippen LogP contribution in [0.1, 0.15) is 19.4 Å². The zero-order chi connectivity index (χ0) is 24.1. The SMILES string of the molecule is C=O.CCNc1ccc(NC)c(OC)c1.Cc1cc(N2CCN(C=O)C(C)C2)ccc1Cl. The van der Waals surface area contributed by atoms with E-state index in [4.69, 9.17) is 21.1 Å². The van der Waals surface area contributed by atoms with Gasteiger partial charge in [0, 0.05) is 61.7 Å². The van der Waals surface area contributed by atoms with Crippen LogP contribution in [0.25, 0.3) is 0 Å². The van der Waals surface area contributed by atoms with Crippen molar-refractivity contribution < 1.29 is 14.3 Å². The number of carbonyl (C=O) groups is 2. The maximum atomic E-state index is 10.8. The van der Waals surface area contributed by atoms with Crippen LogP contribution in [-0.4, -0.2) is 64.5 Å². The molecule has 1 fully saturated rings. The number of aryl methyl sites for hydroxylation is 1. The lowest BCUT2D eigenvalue weighted by molar-refractivity contribution is -0.120. The number of hydrogen-bond donors (Lipinski definition) is 2. The number of anilines is 3. The fourth-order valence-electron chi connectivity index (χ4n) is 3.40. The Morgan fingerprint density at radius 3 is 2.47 bits per heavy atom.